The van der Waals surface area contributed by atoms with Crippen LogP contribution in [0.25, 0.3) is 0 Å². The van der Waals surface area contributed by atoms with Gasteiger partial charge >= 0.3 is 0 Å². The molecule has 5 rings (SSSR count). The molecule has 1 N–H and O–H groups in total. The third-order valence-electron chi connectivity index (χ3n) is 6.78. The second kappa shape index (κ2) is 7.54. The summed E-state index contributed by atoms with van der Waals surface area (Å²) in [6.45, 7) is 6.45. The first kappa shape index (κ1) is 21.9. The lowest BCUT2D eigenvalue weighted by atomic mass is 9.77. The van der Waals surface area contributed by atoms with Crippen LogP contribution in [-0.4, -0.2) is 36.0 Å². The highest BCUT2D eigenvalue weighted by atomic mass is 35.5. The molecular formula is C26H25ClN2O4. The fraction of sp³-hybridized carbons (Fsp3) is 0.346. The lowest BCUT2D eigenvalue weighted by molar-refractivity contribution is -0.126. The van der Waals surface area contributed by atoms with E-state index in [2.05, 4.69) is 26.1 Å². The van der Waals surface area contributed by atoms with Gasteiger partial charge in [-0.3, -0.25) is 14.4 Å². The molecule has 7 heteroatoms. The number of nitrogens with one attached hydrogen (secondary N) is 1. The molecular weight excluding hydrogens is 440 g/mol. The van der Waals surface area contributed by atoms with Crippen LogP contribution in [0.5, 0.6) is 0 Å². The standard InChI is InChI=1S/C26H25ClN2O4/c1-25(2,3)16-6-4-15(5-7-16)22(30)28-14-26-13-12-19(33-26)20-21(26)24(32)29(23(20)31)18-10-8-17(27)9-11-18/h4-13,19-21H,14H2,1-3H3,(H,28,30). The number of carbonyl (C=O) groups excluding carboxylic acids is 3. The molecule has 0 aromatic heterocycles. The molecule has 4 atom stereocenters. The van der Waals surface area contributed by atoms with Crippen LogP contribution in [0.4, 0.5) is 5.69 Å². The predicted molar refractivity (Wildman–Crippen MR) is 125 cm³/mol. The second-order valence-electron chi connectivity index (χ2n) is 9.90. The zero-order valence-corrected chi connectivity index (χ0v) is 19.4. The second-order valence-corrected chi connectivity index (χ2v) is 10.3. The van der Waals surface area contributed by atoms with Gasteiger partial charge in [0.1, 0.15) is 5.60 Å². The largest absolute Gasteiger partial charge is 0.360 e. The highest BCUT2D eigenvalue weighted by molar-refractivity contribution is 6.31. The molecule has 3 heterocycles. The van der Waals surface area contributed by atoms with Crippen molar-refractivity contribution < 1.29 is 19.1 Å². The van der Waals surface area contributed by atoms with E-state index in [0.717, 1.165) is 5.56 Å². The van der Waals surface area contributed by atoms with Crippen molar-refractivity contribution in [2.24, 2.45) is 11.8 Å². The molecule has 4 unspecified atom stereocenters. The van der Waals surface area contributed by atoms with Crippen LogP contribution in [0.2, 0.25) is 5.02 Å². The van der Waals surface area contributed by atoms with Crippen molar-refractivity contribution in [3.05, 3.63) is 76.8 Å². The average Bonchev–Trinajstić information content (AvgIpc) is 3.43. The van der Waals surface area contributed by atoms with E-state index >= 15 is 0 Å². The highest BCUT2D eigenvalue weighted by Gasteiger charge is 2.67. The van der Waals surface area contributed by atoms with Crippen LogP contribution in [0.1, 0.15) is 36.7 Å². The molecule has 0 saturated carbocycles. The minimum Gasteiger partial charge on any atom is -0.360 e. The summed E-state index contributed by atoms with van der Waals surface area (Å²) in [4.78, 5) is 40.6. The van der Waals surface area contributed by atoms with Crippen molar-refractivity contribution in [1.29, 1.82) is 0 Å². The summed E-state index contributed by atoms with van der Waals surface area (Å²) >= 11 is 5.96. The van der Waals surface area contributed by atoms with Crippen LogP contribution in [0.15, 0.2) is 60.7 Å². The maximum atomic E-state index is 13.4. The van der Waals surface area contributed by atoms with Gasteiger partial charge in [-0.15, -0.1) is 0 Å². The molecule has 3 amide bonds. The number of fused-ring (bicyclic) bond motifs is 5. The molecule has 2 aromatic rings. The Hall–Kier alpha value is -2.96. The third kappa shape index (κ3) is 3.49. The molecule has 0 aliphatic carbocycles. The molecule has 2 aromatic carbocycles. The van der Waals surface area contributed by atoms with Crippen LogP contribution in [0.3, 0.4) is 0 Å². The lowest BCUT2D eigenvalue weighted by Gasteiger charge is -2.29. The van der Waals surface area contributed by atoms with Crippen molar-refractivity contribution in [2.75, 3.05) is 11.4 Å². The predicted octanol–water partition coefficient (Wildman–Crippen LogP) is 3.88. The number of imide groups is 1. The van der Waals surface area contributed by atoms with Gasteiger partial charge in [0.25, 0.3) is 5.91 Å². The van der Waals surface area contributed by atoms with Gasteiger partial charge in [0.05, 0.1) is 30.2 Å². The average molecular weight is 465 g/mol. The number of benzene rings is 2. The Bertz CT molecular complexity index is 1170. The van der Waals surface area contributed by atoms with E-state index in [4.69, 9.17) is 16.3 Å². The highest BCUT2D eigenvalue weighted by Crippen LogP contribution is 2.52. The van der Waals surface area contributed by atoms with E-state index < -0.39 is 23.5 Å². The first-order valence-corrected chi connectivity index (χ1v) is 11.4. The number of amides is 3. The summed E-state index contributed by atoms with van der Waals surface area (Å²) in [6.07, 6.45) is 3.16. The topological polar surface area (TPSA) is 75.7 Å². The maximum Gasteiger partial charge on any atom is 0.251 e. The Balaban J connectivity index is 1.35. The lowest BCUT2D eigenvalue weighted by Crippen LogP contribution is -2.48. The van der Waals surface area contributed by atoms with Crippen LogP contribution < -0.4 is 10.2 Å². The summed E-state index contributed by atoms with van der Waals surface area (Å²) < 4.78 is 6.11. The van der Waals surface area contributed by atoms with Gasteiger partial charge in [0.2, 0.25) is 11.8 Å². The molecule has 6 nitrogen and oxygen atoms in total. The Morgan fingerprint density at radius 2 is 1.73 bits per heavy atom. The van der Waals surface area contributed by atoms with Crippen molar-refractivity contribution >= 4 is 35.0 Å². The Kier molecular flexibility index (Phi) is 4.99. The summed E-state index contributed by atoms with van der Waals surface area (Å²) in [5, 5.41) is 3.44. The minimum atomic E-state index is -1.04. The number of ether oxygens (including phenoxy) is 1. The van der Waals surface area contributed by atoms with Gasteiger partial charge in [-0.2, -0.15) is 0 Å². The van der Waals surface area contributed by atoms with Crippen molar-refractivity contribution in [1.82, 2.24) is 5.32 Å². The number of rotatable bonds is 4. The number of hydrogen-bond donors (Lipinski definition) is 1. The normalized spacial score (nSPS) is 27.9. The smallest absolute Gasteiger partial charge is 0.251 e. The van der Waals surface area contributed by atoms with Crippen molar-refractivity contribution in [3.63, 3.8) is 0 Å². The number of halogens is 1. The number of anilines is 1. The molecule has 2 fully saturated rings. The van der Waals surface area contributed by atoms with Gasteiger partial charge in [0.15, 0.2) is 0 Å². The zero-order chi connectivity index (χ0) is 23.5. The molecule has 0 radical (unpaired) electrons. The Morgan fingerprint density at radius 3 is 2.36 bits per heavy atom. The van der Waals surface area contributed by atoms with E-state index in [9.17, 15) is 14.4 Å². The summed E-state index contributed by atoms with van der Waals surface area (Å²) in [7, 11) is 0. The maximum absolute atomic E-state index is 13.4. The molecule has 170 valence electrons. The summed E-state index contributed by atoms with van der Waals surface area (Å²) in [5.41, 5.74) is 1.11. The van der Waals surface area contributed by atoms with Crippen LogP contribution in [-0.2, 0) is 19.7 Å². The number of carbonyl (C=O) groups is 3. The van der Waals surface area contributed by atoms with Gasteiger partial charge in [-0.05, 0) is 47.4 Å². The SMILES string of the molecule is CC(C)(C)c1ccc(C(=O)NCC23C=CC(O2)C2C(=O)N(c4ccc(Cl)cc4)C(=O)C23)cc1. The van der Waals surface area contributed by atoms with E-state index in [-0.39, 0.29) is 29.7 Å². The number of nitrogens with zero attached hydrogens (tertiary/aromatic N) is 1. The Morgan fingerprint density at radius 1 is 1.06 bits per heavy atom. The Labute approximate surface area is 197 Å². The van der Waals surface area contributed by atoms with Gasteiger partial charge in [-0.1, -0.05) is 56.7 Å². The van der Waals surface area contributed by atoms with Crippen molar-refractivity contribution in [2.45, 2.75) is 37.9 Å². The fourth-order valence-corrected chi connectivity index (χ4v) is 5.12. The molecule has 33 heavy (non-hydrogen) atoms. The molecule has 0 spiro atoms. The van der Waals surface area contributed by atoms with E-state index in [1.54, 1.807) is 36.4 Å². The molecule has 3 aliphatic heterocycles. The molecule has 2 saturated heterocycles. The van der Waals surface area contributed by atoms with Crippen LogP contribution >= 0.6 is 11.6 Å². The quantitative estimate of drug-likeness (QED) is 0.550. The molecule has 2 bridgehead atoms. The summed E-state index contributed by atoms with van der Waals surface area (Å²) in [6, 6.07) is 14.1. The summed E-state index contributed by atoms with van der Waals surface area (Å²) in [5.74, 6) is -2.13. The van der Waals surface area contributed by atoms with Crippen LogP contribution in [0, 0.1) is 11.8 Å². The van der Waals surface area contributed by atoms with Crippen molar-refractivity contribution in [3.8, 4) is 0 Å². The van der Waals surface area contributed by atoms with E-state index in [1.165, 1.54) is 4.90 Å². The number of hydrogen-bond acceptors (Lipinski definition) is 4. The first-order valence-electron chi connectivity index (χ1n) is 11.0. The van der Waals surface area contributed by atoms with E-state index in [1.807, 2.05) is 24.3 Å². The van der Waals surface area contributed by atoms with E-state index in [0.29, 0.717) is 16.3 Å². The first-order chi connectivity index (χ1) is 15.6. The minimum absolute atomic E-state index is 0.00431. The van der Waals surface area contributed by atoms with Gasteiger partial charge in [-0.25, -0.2) is 4.90 Å². The molecule has 3 aliphatic rings. The monoisotopic (exact) mass is 464 g/mol. The zero-order valence-electron chi connectivity index (χ0n) is 18.7. The third-order valence-corrected chi connectivity index (χ3v) is 7.03. The fourth-order valence-electron chi connectivity index (χ4n) is 4.99. The van der Waals surface area contributed by atoms with Gasteiger partial charge in [0, 0.05) is 10.6 Å². The van der Waals surface area contributed by atoms with Gasteiger partial charge < -0.3 is 10.1 Å².